The third-order valence-corrected chi connectivity index (χ3v) is 1.77. The summed E-state index contributed by atoms with van der Waals surface area (Å²) in [6.45, 7) is 0. The molecule has 14 heavy (non-hydrogen) atoms. The molecule has 1 radical (unpaired) electrons. The van der Waals surface area contributed by atoms with Crippen LogP contribution in [0.3, 0.4) is 0 Å². The lowest BCUT2D eigenvalue weighted by Crippen LogP contribution is -1.89. The van der Waals surface area contributed by atoms with Gasteiger partial charge >= 0.3 is 0 Å². The fourth-order valence-corrected chi connectivity index (χ4v) is 1.06. The lowest BCUT2D eigenvalue weighted by atomic mass is 10.2. The molecule has 2 aromatic heterocycles. The zero-order chi connectivity index (χ0) is 9.80. The second-order valence-corrected chi connectivity index (χ2v) is 2.63. The van der Waals surface area contributed by atoms with Crippen LogP contribution in [0.1, 0.15) is 0 Å². The van der Waals surface area contributed by atoms with Crippen molar-refractivity contribution in [2.45, 2.75) is 0 Å². The molecule has 2 aromatic rings. The van der Waals surface area contributed by atoms with Gasteiger partial charge in [-0.3, -0.25) is 4.98 Å². The summed E-state index contributed by atoms with van der Waals surface area (Å²) < 4.78 is 5.00. The van der Waals surface area contributed by atoms with E-state index in [1.165, 1.54) is 0 Å². The van der Waals surface area contributed by atoms with Crippen LogP contribution in [-0.4, -0.2) is 22.1 Å². The minimum absolute atomic E-state index is 0.729. The van der Waals surface area contributed by atoms with Gasteiger partial charge in [-0.1, -0.05) is 0 Å². The smallest absolute Gasteiger partial charge is 0.198 e. The molecule has 0 N–H and O–H groups in total. The van der Waals surface area contributed by atoms with Crippen LogP contribution < -0.4 is 4.74 Å². The van der Waals surface area contributed by atoms with Crippen molar-refractivity contribution in [3.05, 3.63) is 36.9 Å². The highest BCUT2D eigenvalue weighted by molar-refractivity contribution is 5.53. The molecule has 0 bridgehead atoms. The highest BCUT2D eigenvalue weighted by Crippen LogP contribution is 2.15. The number of nitrogens with zero attached hydrogens (tertiary/aromatic N) is 3. The zero-order valence-electron chi connectivity index (χ0n) is 7.64. The molecule has 0 unspecified atom stereocenters. The molecule has 0 aliphatic rings. The van der Waals surface area contributed by atoms with E-state index in [1.54, 1.807) is 25.6 Å². The average Bonchev–Trinajstić information content (AvgIpc) is 2.30. The molecule has 0 amide bonds. The second-order valence-electron chi connectivity index (χ2n) is 2.63. The summed E-state index contributed by atoms with van der Waals surface area (Å²) in [6, 6.07) is 5.46. The minimum Gasteiger partial charge on any atom is -0.495 e. The number of hydrogen-bond donors (Lipinski definition) is 0. The van der Waals surface area contributed by atoms with Crippen molar-refractivity contribution in [3.8, 4) is 17.1 Å². The topological polar surface area (TPSA) is 47.9 Å². The molecule has 0 atom stereocenters. The largest absolute Gasteiger partial charge is 0.495 e. The van der Waals surface area contributed by atoms with Crippen molar-refractivity contribution in [1.29, 1.82) is 0 Å². The van der Waals surface area contributed by atoms with E-state index in [-0.39, 0.29) is 0 Å². The van der Waals surface area contributed by atoms with Crippen LogP contribution in [0.15, 0.2) is 30.6 Å². The highest BCUT2D eigenvalue weighted by atomic mass is 16.5. The van der Waals surface area contributed by atoms with Gasteiger partial charge in [0.25, 0.3) is 0 Å². The van der Waals surface area contributed by atoms with Gasteiger partial charge in [0.15, 0.2) is 6.33 Å². The first-order valence-corrected chi connectivity index (χ1v) is 4.09. The summed E-state index contributed by atoms with van der Waals surface area (Å²) in [5.41, 5.74) is 1.53. The number of rotatable bonds is 2. The van der Waals surface area contributed by atoms with Crippen LogP contribution >= 0.6 is 0 Å². The zero-order valence-corrected chi connectivity index (χ0v) is 7.64. The van der Waals surface area contributed by atoms with Gasteiger partial charge in [0.2, 0.25) is 0 Å². The number of pyridine rings is 1. The highest BCUT2D eigenvalue weighted by Gasteiger charge is 1.99. The first-order chi connectivity index (χ1) is 6.90. The van der Waals surface area contributed by atoms with Crippen LogP contribution in [-0.2, 0) is 0 Å². The maximum Gasteiger partial charge on any atom is 0.198 e. The van der Waals surface area contributed by atoms with Gasteiger partial charge in [-0.2, -0.15) is 0 Å². The fraction of sp³-hybridized carbons (Fsp3) is 0.100. The maximum absolute atomic E-state index is 5.00. The molecule has 4 heteroatoms. The van der Waals surface area contributed by atoms with Gasteiger partial charge in [0.05, 0.1) is 24.7 Å². The van der Waals surface area contributed by atoms with E-state index in [1.807, 2.05) is 12.1 Å². The molecule has 0 aromatic carbocycles. The summed E-state index contributed by atoms with van der Waals surface area (Å²) >= 11 is 0. The molecule has 0 aliphatic heterocycles. The Morgan fingerprint density at radius 1 is 1.21 bits per heavy atom. The summed E-state index contributed by atoms with van der Waals surface area (Å²) in [6.07, 6.45) is 5.80. The summed E-state index contributed by atoms with van der Waals surface area (Å²) in [5, 5.41) is 0. The van der Waals surface area contributed by atoms with Crippen molar-refractivity contribution in [2.75, 3.05) is 7.11 Å². The van der Waals surface area contributed by atoms with E-state index in [0.717, 1.165) is 17.1 Å². The molecule has 2 heterocycles. The van der Waals surface area contributed by atoms with Gasteiger partial charge < -0.3 is 4.74 Å². The Hall–Kier alpha value is -1.97. The van der Waals surface area contributed by atoms with Gasteiger partial charge in [0.1, 0.15) is 5.75 Å². The Labute approximate surface area is 81.6 Å². The first-order valence-electron chi connectivity index (χ1n) is 4.09. The Balaban J connectivity index is 2.34. The van der Waals surface area contributed by atoms with Gasteiger partial charge in [-0.25, -0.2) is 9.97 Å². The van der Waals surface area contributed by atoms with Gasteiger partial charge in [-0.05, 0) is 18.2 Å². The quantitative estimate of drug-likeness (QED) is 0.710. The molecular formula is C10H8N3O. The Kier molecular flexibility index (Phi) is 2.36. The summed E-state index contributed by atoms with van der Waals surface area (Å²) in [4.78, 5) is 11.9. The number of hydrogen-bond acceptors (Lipinski definition) is 4. The van der Waals surface area contributed by atoms with Gasteiger partial charge in [-0.15, -0.1) is 0 Å². The Bertz CT molecular complexity index is 399. The molecule has 2 rings (SSSR count). The van der Waals surface area contributed by atoms with Gasteiger partial charge in [0, 0.05) is 6.20 Å². The molecular weight excluding hydrogens is 178 g/mol. The van der Waals surface area contributed by atoms with E-state index < -0.39 is 0 Å². The van der Waals surface area contributed by atoms with E-state index in [9.17, 15) is 0 Å². The van der Waals surface area contributed by atoms with E-state index in [2.05, 4.69) is 21.3 Å². The number of methoxy groups -OCH3 is 1. The molecule has 0 saturated carbocycles. The predicted octanol–water partition coefficient (Wildman–Crippen LogP) is 1.35. The van der Waals surface area contributed by atoms with Crippen molar-refractivity contribution < 1.29 is 4.74 Å². The van der Waals surface area contributed by atoms with E-state index in [4.69, 9.17) is 4.74 Å². The Morgan fingerprint density at radius 2 is 2.14 bits per heavy atom. The summed E-state index contributed by atoms with van der Waals surface area (Å²) in [5.74, 6) is 0.729. The van der Waals surface area contributed by atoms with Crippen LogP contribution in [0, 0.1) is 6.33 Å². The van der Waals surface area contributed by atoms with E-state index in [0.29, 0.717) is 0 Å². The van der Waals surface area contributed by atoms with Crippen LogP contribution in [0.2, 0.25) is 0 Å². The molecule has 4 nitrogen and oxygen atoms in total. The van der Waals surface area contributed by atoms with Crippen LogP contribution in [0.25, 0.3) is 11.4 Å². The molecule has 0 fully saturated rings. The number of aromatic nitrogens is 3. The van der Waals surface area contributed by atoms with Crippen molar-refractivity contribution in [2.24, 2.45) is 0 Å². The van der Waals surface area contributed by atoms with Crippen LogP contribution in [0.5, 0.6) is 5.75 Å². The Morgan fingerprint density at radius 3 is 2.71 bits per heavy atom. The predicted molar refractivity (Wildman–Crippen MR) is 50.7 cm³/mol. The van der Waals surface area contributed by atoms with Crippen molar-refractivity contribution >= 4 is 0 Å². The minimum atomic E-state index is 0.729. The average molecular weight is 186 g/mol. The second kappa shape index (κ2) is 3.83. The monoisotopic (exact) mass is 186 g/mol. The SMILES string of the molecule is COc1ccc(-c2ccn[c]n2)nc1. The van der Waals surface area contributed by atoms with E-state index >= 15 is 0 Å². The fourth-order valence-electron chi connectivity index (χ4n) is 1.06. The molecule has 0 spiro atoms. The standard InChI is InChI=1S/C10H8N3O/c1-14-8-2-3-9(12-6-8)10-4-5-11-7-13-10/h2-6H,1H3. The lowest BCUT2D eigenvalue weighted by Gasteiger charge is -2.00. The first kappa shape index (κ1) is 8.62. The molecule has 0 saturated heterocycles. The molecule has 69 valence electrons. The molecule has 0 aliphatic carbocycles. The lowest BCUT2D eigenvalue weighted by molar-refractivity contribution is 0.413. The third-order valence-electron chi connectivity index (χ3n) is 1.77. The normalized spacial score (nSPS) is 9.79. The third kappa shape index (κ3) is 1.69. The summed E-state index contributed by atoms with van der Waals surface area (Å²) in [7, 11) is 1.61. The number of ether oxygens (including phenoxy) is 1. The van der Waals surface area contributed by atoms with Crippen molar-refractivity contribution in [3.63, 3.8) is 0 Å². The maximum atomic E-state index is 5.00. The van der Waals surface area contributed by atoms with Crippen molar-refractivity contribution in [1.82, 2.24) is 15.0 Å². The van der Waals surface area contributed by atoms with Crippen LogP contribution in [0.4, 0.5) is 0 Å².